The van der Waals surface area contributed by atoms with Gasteiger partial charge in [-0.2, -0.15) is 0 Å². The van der Waals surface area contributed by atoms with Crippen LogP contribution in [0.15, 0.2) is 29.1 Å². The lowest BCUT2D eigenvalue weighted by atomic mass is 10.1. The zero-order valence-electron chi connectivity index (χ0n) is 12.5. The Morgan fingerprint density at radius 1 is 1.19 bits per heavy atom. The Balaban J connectivity index is 0.00000161. The van der Waals surface area contributed by atoms with E-state index in [0.717, 1.165) is 56.4 Å². The first-order valence-electron chi connectivity index (χ1n) is 7.73. The van der Waals surface area contributed by atoms with E-state index in [0.29, 0.717) is 6.04 Å². The Labute approximate surface area is 135 Å². The molecule has 0 amide bonds. The van der Waals surface area contributed by atoms with Crippen LogP contribution in [-0.2, 0) is 6.54 Å². The summed E-state index contributed by atoms with van der Waals surface area (Å²) < 4.78 is 3.99. The highest BCUT2D eigenvalue weighted by Crippen LogP contribution is 2.23. The summed E-state index contributed by atoms with van der Waals surface area (Å²) in [7, 11) is 0. The van der Waals surface area contributed by atoms with Crippen molar-refractivity contribution < 1.29 is 0 Å². The first-order valence-corrected chi connectivity index (χ1v) is 7.73. The average molecular weight is 354 g/mol. The molecule has 1 fully saturated rings. The average Bonchev–Trinajstić information content (AvgIpc) is 2.78. The third kappa shape index (κ3) is 3.09. The standard InChI is InChI=1S/C16H23N3O.BrH/c1-2-3-12-18-14-6-4-5-7-15(14)19(16(18)20)13-8-10-17-11-9-13;/h4-7,13,17H,2-3,8-12H2,1H3;1H. The Bertz CT molecular complexity index is 640. The zero-order valence-corrected chi connectivity index (χ0v) is 14.3. The SMILES string of the molecule is Br.CCCCn1c(=O)n(C2CCNCC2)c2ccccc21. The smallest absolute Gasteiger partial charge is 0.317 e. The van der Waals surface area contributed by atoms with Crippen molar-refractivity contribution in [3.8, 4) is 0 Å². The minimum Gasteiger partial charge on any atom is -0.317 e. The van der Waals surface area contributed by atoms with Gasteiger partial charge in [0.2, 0.25) is 0 Å². The van der Waals surface area contributed by atoms with Gasteiger partial charge in [-0.1, -0.05) is 25.5 Å². The van der Waals surface area contributed by atoms with Crippen molar-refractivity contribution in [3.63, 3.8) is 0 Å². The van der Waals surface area contributed by atoms with Crippen molar-refractivity contribution >= 4 is 28.0 Å². The maximum absolute atomic E-state index is 12.8. The van der Waals surface area contributed by atoms with Gasteiger partial charge in [0.15, 0.2) is 0 Å². The molecular formula is C16H24BrN3O. The lowest BCUT2D eigenvalue weighted by Crippen LogP contribution is -2.34. The van der Waals surface area contributed by atoms with Crippen LogP contribution >= 0.6 is 17.0 Å². The fourth-order valence-corrected chi connectivity index (χ4v) is 3.18. The predicted molar refractivity (Wildman–Crippen MR) is 92.6 cm³/mol. The molecular weight excluding hydrogens is 330 g/mol. The number of aromatic nitrogens is 2. The van der Waals surface area contributed by atoms with Crippen LogP contribution in [0.3, 0.4) is 0 Å². The molecule has 1 aromatic carbocycles. The van der Waals surface area contributed by atoms with Gasteiger partial charge in [0, 0.05) is 12.6 Å². The molecule has 2 aromatic rings. The molecule has 0 spiro atoms. The number of unbranched alkanes of at least 4 members (excludes halogenated alkanes) is 1. The molecule has 5 heteroatoms. The molecule has 21 heavy (non-hydrogen) atoms. The second-order valence-electron chi connectivity index (χ2n) is 5.63. The van der Waals surface area contributed by atoms with Crippen LogP contribution in [0.1, 0.15) is 38.6 Å². The Morgan fingerprint density at radius 3 is 2.52 bits per heavy atom. The third-order valence-electron chi connectivity index (χ3n) is 4.28. The molecule has 1 aliphatic heterocycles. The van der Waals surface area contributed by atoms with E-state index >= 15 is 0 Å². The first-order chi connectivity index (χ1) is 9.83. The Morgan fingerprint density at radius 2 is 1.86 bits per heavy atom. The number of hydrogen-bond donors (Lipinski definition) is 1. The van der Waals surface area contributed by atoms with E-state index in [-0.39, 0.29) is 22.7 Å². The summed E-state index contributed by atoms with van der Waals surface area (Å²) >= 11 is 0. The van der Waals surface area contributed by atoms with E-state index < -0.39 is 0 Å². The summed E-state index contributed by atoms with van der Waals surface area (Å²) in [6, 6.07) is 8.56. The summed E-state index contributed by atoms with van der Waals surface area (Å²) in [4.78, 5) is 12.8. The van der Waals surface area contributed by atoms with Crippen LogP contribution in [0.25, 0.3) is 11.0 Å². The van der Waals surface area contributed by atoms with Crippen molar-refractivity contribution in [2.24, 2.45) is 0 Å². The molecule has 1 aromatic heterocycles. The molecule has 0 saturated carbocycles. The number of rotatable bonds is 4. The molecule has 1 saturated heterocycles. The van der Waals surface area contributed by atoms with Crippen molar-refractivity contribution in [2.75, 3.05) is 13.1 Å². The number of halogens is 1. The number of hydrogen-bond acceptors (Lipinski definition) is 2. The number of para-hydroxylation sites is 2. The molecule has 3 rings (SSSR count). The molecule has 0 unspecified atom stereocenters. The minimum absolute atomic E-state index is 0. The number of benzene rings is 1. The Kier molecular flexibility index (Phi) is 5.65. The quantitative estimate of drug-likeness (QED) is 0.916. The van der Waals surface area contributed by atoms with Gasteiger partial charge in [-0.25, -0.2) is 4.79 Å². The Hall–Kier alpha value is -1.07. The van der Waals surface area contributed by atoms with Crippen LogP contribution in [0.4, 0.5) is 0 Å². The predicted octanol–water partition coefficient (Wildman–Crippen LogP) is 3.11. The summed E-state index contributed by atoms with van der Waals surface area (Å²) in [5.41, 5.74) is 2.36. The van der Waals surface area contributed by atoms with Gasteiger partial charge in [0.1, 0.15) is 0 Å². The molecule has 0 aliphatic carbocycles. The topological polar surface area (TPSA) is 39.0 Å². The summed E-state index contributed by atoms with van der Waals surface area (Å²) in [6.07, 6.45) is 4.25. The number of nitrogens with zero attached hydrogens (tertiary/aromatic N) is 2. The van der Waals surface area contributed by atoms with E-state index in [4.69, 9.17) is 0 Å². The van der Waals surface area contributed by atoms with Crippen LogP contribution < -0.4 is 11.0 Å². The molecule has 1 N–H and O–H groups in total. The normalized spacial score (nSPS) is 16.0. The summed E-state index contributed by atoms with van der Waals surface area (Å²) in [5, 5.41) is 3.37. The van der Waals surface area contributed by atoms with Gasteiger partial charge in [-0.15, -0.1) is 17.0 Å². The largest absolute Gasteiger partial charge is 0.329 e. The zero-order chi connectivity index (χ0) is 13.9. The number of imidazole rings is 1. The monoisotopic (exact) mass is 353 g/mol. The van der Waals surface area contributed by atoms with Gasteiger partial charge in [-0.05, 0) is 44.5 Å². The van der Waals surface area contributed by atoms with E-state index in [1.54, 1.807) is 0 Å². The highest BCUT2D eigenvalue weighted by atomic mass is 79.9. The molecule has 2 heterocycles. The maximum atomic E-state index is 12.8. The minimum atomic E-state index is 0. The van der Waals surface area contributed by atoms with Gasteiger partial charge in [0.05, 0.1) is 11.0 Å². The van der Waals surface area contributed by atoms with E-state index in [9.17, 15) is 4.79 Å². The summed E-state index contributed by atoms with van der Waals surface area (Å²) in [5.74, 6) is 0. The third-order valence-corrected chi connectivity index (χ3v) is 4.28. The van der Waals surface area contributed by atoms with E-state index in [1.807, 2.05) is 21.3 Å². The van der Waals surface area contributed by atoms with Gasteiger partial charge in [-0.3, -0.25) is 9.13 Å². The molecule has 0 bridgehead atoms. The highest BCUT2D eigenvalue weighted by molar-refractivity contribution is 8.93. The van der Waals surface area contributed by atoms with Crippen LogP contribution in [-0.4, -0.2) is 22.2 Å². The molecule has 0 radical (unpaired) electrons. The van der Waals surface area contributed by atoms with Crippen molar-refractivity contribution in [1.82, 2.24) is 14.5 Å². The second kappa shape index (κ2) is 7.27. The highest BCUT2D eigenvalue weighted by Gasteiger charge is 2.21. The van der Waals surface area contributed by atoms with Gasteiger partial charge >= 0.3 is 5.69 Å². The van der Waals surface area contributed by atoms with Crippen LogP contribution in [0.5, 0.6) is 0 Å². The lowest BCUT2D eigenvalue weighted by Gasteiger charge is -2.23. The van der Waals surface area contributed by atoms with Crippen molar-refractivity contribution in [3.05, 3.63) is 34.7 Å². The summed E-state index contributed by atoms with van der Waals surface area (Å²) in [6.45, 7) is 5.00. The molecule has 116 valence electrons. The lowest BCUT2D eigenvalue weighted by molar-refractivity contribution is 0.364. The number of nitrogens with one attached hydrogen (secondary N) is 1. The van der Waals surface area contributed by atoms with Gasteiger partial charge < -0.3 is 5.32 Å². The number of piperidine rings is 1. The fraction of sp³-hybridized carbons (Fsp3) is 0.562. The second-order valence-corrected chi connectivity index (χ2v) is 5.63. The van der Waals surface area contributed by atoms with E-state index in [2.05, 4.69) is 24.4 Å². The first kappa shape index (κ1) is 16.3. The number of fused-ring (bicyclic) bond motifs is 1. The molecule has 4 nitrogen and oxygen atoms in total. The molecule has 0 atom stereocenters. The maximum Gasteiger partial charge on any atom is 0.329 e. The van der Waals surface area contributed by atoms with E-state index in [1.165, 1.54) is 0 Å². The fourth-order valence-electron chi connectivity index (χ4n) is 3.18. The van der Waals surface area contributed by atoms with Gasteiger partial charge in [0.25, 0.3) is 0 Å². The van der Waals surface area contributed by atoms with Crippen molar-refractivity contribution in [2.45, 2.75) is 45.2 Å². The molecule has 1 aliphatic rings. The van der Waals surface area contributed by atoms with Crippen molar-refractivity contribution in [1.29, 1.82) is 0 Å². The van der Waals surface area contributed by atoms with Crippen LogP contribution in [0.2, 0.25) is 0 Å². The van der Waals surface area contributed by atoms with Crippen LogP contribution in [0, 0.1) is 0 Å². The number of aryl methyl sites for hydroxylation is 1.